The van der Waals surface area contributed by atoms with Crippen molar-refractivity contribution in [2.24, 2.45) is 5.92 Å². The molecule has 3 rings (SSSR count). The van der Waals surface area contributed by atoms with E-state index in [0.29, 0.717) is 28.7 Å². The van der Waals surface area contributed by atoms with E-state index in [9.17, 15) is 14.0 Å². The van der Waals surface area contributed by atoms with Gasteiger partial charge in [0.05, 0.1) is 5.69 Å². The molecule has 0 saturated heterocycles. The maximum atomic E-state index is 13.1. The highest BCUT2D eigenvalue weighted by Crippen LogP contribution is 2.22. The van der Waals surface area contributed by atoms with Crippen molar-refractivity contribution in [2.75, 3.05) is 17.3 Å². The fraction of sp³-hybridized carbons (Fsp3) is 0.238. The standard InChI is InChI=1S/C21H22FN3O2/c1-14(2)12-25-13-19(17-6-4-5-7-18(17)20(25)26)23-21(27)24(3)16-10-8-15(22)9-11-16/h4-11,13-14H,12H2,1-3H3,(H,23,27). The minimum Gasteiger partial charge on any atom is -0.313 e. The molecule has 1 heterocycles. The molecule has 1 aromatic heterocycles. The summed E-state index contributed by atoms with van der Waals surface area (Å²) in [6.07, 6.45) is 1.68. The number of nitrogens with zero attached hydrogens (tertiary/aromatic N) is 2. The molecule has 5 nitrogen and oxygen atoms in total. The molecular weight excluding hydrogens is 345 g/mol. The van der Waals surface area contributed by atoms with Gasteiger partial charge in [-0.3, -0.25) is 9.69 Å². The van der Waals surface area contributed by atoms with Crippen LogP contribution in [0, 0.1) is 11.7 Å². The van der Waals surface area contributed by atoms with Crippen molar-refractivity contribution in [3.05, 3.63) is 70.9 Å². The quantitative estimate of drug-likeness (QED) is 0.740. The monoisotopic (exact) mass is 367 g/mol. The highest BCUT2D eigenvalue weighted by Gasteiger charge is 2.15. The van der Waals surface area contributed by atoms with Crippen LogP contribution >= 0.6 is 0 Å². The third kappa shape index (κ3) is 4.00. The normalized spacial score (nSPS) is 11.0. The molecular formula is C21H22FN3O2. The van der Waals surface area contributed by atoms with Gasteiger partial charge in [0.2, 0.25) is 0 Å². The predicted octanol–water partition coefficient (Wildman–Crippen LogP) is 4.46. The van der Waals surface area contributed by atoms with Crippen LogP contribution in [-0.4, -0.2) is 17.6 Å². The third-order valence-corrected chi connectivity index (χ3v) is 4.32. The topological polar surface area (TPSA) is 54.3 Å². The summed E-state index contributed by atoms with van der Waals surface area (Å²) in [5.74, 6) is -0.0754. The summed E-state index contributed by atoms with van der Waals surface area (Å²) in [6, 6.07) is 12.5. The van der Waals surface area contributed by atoms with Crippen molar-refractivity contribution in [3.8, 4) is 0 Å². The zero-order valence-electron chi connectivity index (χ0n) is 15.6. The van der Waals surface area contributed by atoms with E-state index >= 15 is 0 Å². The lowest BCUT2D eigenvalue weighted by Gasteiger charge is -2.20. The zero-order chi connectivity index (χ0) is 19.6. The molecule has 0 aliphatic heterocycles. The van der Waals surface area contributed by atoms with Crippen LogP contribution in [0.15, 0.2) is 59.5 Å². The molecule has 0 saturated carbocycles. The van der Waals surface area contributed by atoms with Crippen molar-refractivity contribution < 1.29 is 9.18 Å². The van der Waals surface area contributed by atoms with Crippen LogP contribution in [0.2, 0.25) is 0 Å². The number of amides is 2. The number of carbonyl (C=O) groups is 1. The molecule has 1 N–H and O–H groups in total. The number of urea groups is 1. The van der Waals surface area contributed by atoms with E-state index in [2.05, 4.69) is 5.32 Å². The molecule has 3 aromatic rings. The number of pyridine rings is 1. The first-order valence-electron chi connectivity index (χ1n) is 8.79. The number of hydrogen-bond acceptors (Lipinski definition) is 2. The van der Waals surface area contributed by atoms with Crippen molar-refractivity contribution in [3.63, 3.8) is 0 Å². The number of carbonyl (C=O) groups excluding carboxylic acids is 1. The summed E-state index contributed by atoms with van der Waals surface area (Å²) in [7, 11) is 1.61. The lowest BCUT2D eigenvalue weighted by Crippen LogP contribution is -2.32. The molecule has 0 unspecified atom stereocenters. The van der Waals surface area contributed by atoms with Crippen molar-refractivity contribution in [1.82, 2.24) is 4.57 Å². The number of rotatable bonds is 4. The molecule has 140 valence electrons. The molecule has 0 bridgehead atoms. The largest absolute Gasteiger partial charge is 0.326 e. The van der Waals surface area contributed by atoms with Crippen LogP contribution in [0.3, 0.4) is 0 Å². The Morgan fingerprint density at radius 3 is 2.37 bits per heavy atom. The van der Waals surface area contributed by atoms with E-state index in [0.717, 1.165) is 0 Å². The van der Waals surface area contributed by atoms with Gasteiger partial charge in [-0.25, -0.2) is 9.18 Å². The average molecular weight is 367 g/mol. The van der Waals surface area contributed by atoms with Gasteiger partial charge in [-0.05, 0) is 36.2 Å². The summed E-state index contributed by atoms with van der Waals surface area (Å²) in [5.41, 5.74) is 1.04. The van der Waals surface area contributed by atoms with Crippen LogP contribution in [0.25, 0.3) is 10.8 Å². The number of halogens is 1. The van der Waals surface area contributed by atoms with Gasteiger partial charge >= 0.3 is 6.03 Å². The Morgan fingerprint density at radius 1 is 1.11 bits per heavy atom. The van der Waals surface area contributed by atoms with Gasteiger partial charge in [0.25, 0.3) is 5.56 Å². The van der Waals surface area contributed by atoms with Crippen molar-refractivity contribution in [2.45, 2.75) is 20.4 Å². The molecule has 6 heteroatoms. The van der Waals surface area contributed by atoms with Crippen molar-refractivity contribution in [1.29, 1.82) is 0 Å². The second kappa shape index (κ2) is 7.61. The van der Waals surface area contributed by atoms with Crippen LogP contribution in [0.1, 0.15) is 13.8 Å². The molecule has 27 heavy (non-hydrogen) atoms. The number of fused-ring (bicyclic) bond motifs is 1. The highest BCUT2D eigenvalue weighted by atomic mass is 19.1. The Hall–Kier alpha value is -3.15. The van der Waals surface area contributed by atoms with E-state index in [1.807, 2.05) is 26.0 Å². The minimum absolute atomic E-state index is 0.0795. The van der Waals surface area contributed by atoms with Gasteiger partial charge in [-0.15, -0.1) is 0 Å². The maximum Gasteiger partial charge on any atom is 0.326 e. The van der Waals surface area contributed by atoms with E-state index in [4.69, 9.17) is 0 Å². The summed E-state index contributed by atoms with van der Waals surface area (Å²) in [5, 5.41) is 4.11. The summed E-state index contributed by atoms with van der Waals surface area (Å²) in [6.45, 7) is 4.62. The molecule has 0 fully saturated rings. The summed E-state index contributed by atoms with van der Waals surface area (Å²) in [4.78, 5) is 26.8. The van der Waals surface area contributed by atoms with Crippen LogP contribution in [0.4, 0.5) is 20.6 Å². The fourth-order valence-corrected chi connectivity index (χ4v) is 2.95. The average Bonchev–Trinajstić information content (AvgIpc) is 2.65. The molecule has 0 aliphatic carbocycles. The van der Waals surface area contributed by atoms with E-state index in [1.165, 1.54) is 29.2 Å². The lowest BCUT2D eigenvalue weighted by atomic mass is 10.1. The molecule has 0 aliphatic rings. The zero-order valence-corrected chi connectivity index (χ0v) is 15.6. The molecule has 2 aromatic carbocycles. The highest BCUT2D eigenvalue weighted by molar-refractivity contribution is 6.06. The van der Waals surface area contributed by atoms with Crippen LogP contribution in [0.5, 0.6) is 0 Å². The van der Waals surface area contributed by atoms with Crippen LogP contribution < -0.4 is 15.8 Å². The Bertz CT molecular complexity index is 1030. The summed E-state index contributed by atoms with van der Waals surface area (Å²) >= 11 is 0. The van der Waals surface area contributed by atoms with Gasteiger partial charge < -0.3 is 9.88 Å². The van der Waals surface area contributed by atoms with Gasteiger partial charge in [0, 0.05) is 36.2 Å². The lowest BCUT2D eigenvalue weighted by molar-refractivity contribution is 0.258. The smallest absolute Gasteiger partial charge is 0.313 e. The second-order valence-electron chi connectivity index (χ2n) is 6.91. The molecule has 0 spiro atoms. The first kappa shape index (κ1) is 18.6. The number of hydrogen-bond donors (Lipinski definition) is 1. The number of benzene rings is 2. The molecule has 2 amide bonds. The predicted molar refractivity (Wildman–Crippen MR) is 107 cm³/mol. The van der Waals surface area contributed by atoms with Gasteiger partial charge in [-0.2, -0.15) is 0 Å². The Kier molecular flexibility index (Phi) is 5.26. The molecule has 0 atom stereocenters. The number of aromatic nitrogens is 1. The Balaban J connectivity index is 1.98. The van der Waals surface area contributed by atoms with Gasteiger partial charge in [-0.1, -0.05) is 32.0 Å². The van der Waals surface area contributed by atoms with Gasteiger partial charge in [0.1, 0.15) is 5.82 Å². The first-order valence-corrected chi connectivity index (χ1v) is 8.79. The Morgan fingerprint density at radius 2 is 1.74 bits per heavy atom. The number of nitrogens with one attached hydrogen (secondary N) is 1. The molecule has 0 radical (unpaired) electrons. The van der Waals surface area contributed by atoms with E-state index in [1.54, 1.807) is 29.9 Å². The number of anilines is 2. The maximum absolute atomic E-state index is 13.1. The minimum atomic E-state index is -0.374. The van der Waals surface area contributed by atoms with E-state index in [-0.39, 0.29) is 23.3 Å². The van der Waals surface area contributed by atoms with E-state index < -0.39 is 0 Å². The second-order valence-corrected chi connectivity index (χ2v) is 6.91. The van der Waals surface area contributed by atoms with Crippen LogP contribution in [-0.2, 0) is 6.54 Å². The first-order chi connectivity index (χ1) is 12.9. The Labute approximate surface area is 157 Å². The SMILES string of the molecule is CC(C)Cn1cc(NC(=O)N(C)c2ccc(F)cc2)c2ccccc2c1=O. The summed E-state index contributed by atoms with van der Waals surface area (Å²) < 4.78 is 14.7. The van der Waals surface area contributed by atoms with Gasteiger partial charge in [0.15, 0.2) is 0 Å². The fourth-order valence-electron chi connectivity index (χ4n) is 2.95. The van der Waals surface area contributed by atoms with Crippen molar-refractivity contribution >= 4 is 28.2 Å². The third-order valence-electron chi connectivity index (χ3n) is 4.32.